The molecule has 1 aliphatic rings. The Morgan fingerprint density at radius 2 is 1.29 bits per heavy atom. The fourth-order valence-electron chi connectivity index (χ4n) is 4.16. The molecule has 0 bridgehead atoms. The summed E-state index contributed by atoms with van der Waals surface area (Å²) >= 11 is 0. The summed E-state index contributed by atoms with van der Waals surface area (Å²) in [5, 5.41) is 29.2. The summed E-state index contributed by atoms with van der Waals surface area (Å²) in [6.07, 6.45) is 22.2. The molecule has 0 saturated carbocycles. The lowest BCUT2D eigenvalue weighted by molar-refractivity contribution is -0.210. The van der Waals surface area contributed by atoms with Gasteiger partial charge in [-0.3, -0.25) is 0 Å². The molecule has 1 aliphatic heterocycles. The quantitative estimate of drug-likeness (QED) is 0.176. The number of allylic oxidation sites excluding steroid dienone is 2. The van der Waals surface area contributed by atoms with Crippen molar-refractivity contribution in [3.05, 3.63) is 12.2 Å². The van der Waals surface area contributed by atoms with Crippen molar-refractivity contribution in [3.8, 4) is 0 Å². The minimum absolute atomic E-state index is 0.101. The second kappa shape index (κ2) is 20.2. The Bertz CT molecular complexity index is 415. The maximum atomic E-state index is 10.1. The van der Waals surface area contributed by atoms with Crippen molar-refractivity contribution in [3.63, 3.8) is 0 Å². The van der Waals surface area contributed by atoms with Gasteiger partial charge in [-0.1, -0.05) is 96.1 Å². The Morgan fingerprint density at radius 1 is 0.774 bits per heavy atom. The zero-order valence-corrected chi connectivity index (χ0v) is 20.1. The number of hydrogen-bond donors (Lipinski definition) is 3. The molecule has 5 heteroatoms. The van der Waals surface area contributed by atoms with E-state index in [2.05, 4.69) is 19.1 Å². The molecule has 0 radical (unpaired) electrons. The van der Waals surface area contributed by atoms with Crippen molar-refractivity contribution in [2.75, 3.05) is 19.8 Å². The molecule has 1 heterocycles. The van der Waals surface area contributed by atoms with Gasteiger partial charge in [0.15, 0.2) is 0 Å². The minimum atomic E-state index is -0.971. The molecule has 0 aromatic carbocycles. The second-order valence-electron chi connectivity index (χ2n) is 9.09. The van der Waals surface area contributed by atoms with Gasteiger partial charge in [0.2, 0.25) is 0 Å². The van der Waals surface area contributed by atoms with Gasteiger partial charge in [0.25, 0.3) is 0 Å². The van der Waals surface area contributed by atoms with Crippen LogP contribution in [0.25, 0.3) is 0 Å². The van der Waals surface area contributed by atoms with E-state index in [0.717, 1.165) is 12.8 Å². The third kappa shape index (κ3) is 14.3. The first-order valence-corrected chi connectivity index (χ1v) is 13.1. The zero-order valence-electron chi connectivity index (χ0n) is 20.1. The van der Waals surface area contributed by atoms with Crippen LogP contribution in [-0.4, -0.2) is 59.6 Å². The maximum Gasteiger partial charge on any atom is 0.114 e. The van der Waals surface area contributed by atoms with Crippen LogP contribution < -0.4 is 0 Å². The first-order valence-electron chi connectivity index (χ1n) is 13.1. The monoisotopic (exact) mass is 442 g/mol. The molecule has 1 saturated heterocycles. The van der Waals surface area contributed by atoms with Gasteiger partial charge in [-0.05, 0) is 25.7 Å². The van der Waals surface area contributed by atoms with Crippen LogP contribution in [0, 0.1) is 0 Å². The zero-order chi connectivity index (χ0) is 22.6. The largest absolute Gasteiger partial charge is 0.394 e. The second-order valence-corrected chi connectivity index (χ2v) is 9.09. The Labute approximate surface area is 191 Å². The lowest BCUT2D eigenvalue weighted by Crippen LogP contribution is -2.55. The van der Waals surface area contributed by atoms with E-state index in [1.165, 1.54) is 89.9 Å². The molecule has 0 aromatic rings. The number of aliphatic hydroxyl groups excluding tert-OH is 3. The Morgan fingerprint density at radius 3 is 1.84 bits per heavy atom. The highest BCUT2D eigenvalue weighted by Crippen LogP contribution is 2.19. The Kier molecular flexibility index (Phi) is 18.6. The lowest BCUT2D eigenvalue weighted by Gasteiger charge is -2.37. The van der Waals surface area contributed by atoms with Crippen molar-refractivity contribution in [2.24, 2.45) is 0 Å². The summed E-state index contributed by atoms with van der Waals surface area (Å²) in [5.74, 6) is 0. The SMILES string of the molecule is CCC/C=C/CCCCCCCCCCCCCCCO[C@H]1[C@H](O)[C@@H](CO)OC[C@@H]1O. The van der Waals surface area contributed by atoms with Crippen molar-refractivity contribution in [1.82, 2.24) is 0 Å². The number of aliphatic hydroxyl groups is 3. The molecular weight excluding hydrogens is 392 g/mol. The van der Waals surface area contributed by atoms with E-state index >= 15 is 0 Å². The fraction of sp³-hybridized carbons (Fsp3) is 0.923. The molecule has 0 amide bonds. The van der Waals surface area contributed by atoms with Crippen LogP contribution in [0.5, 0.6) is 0 Å². The number of ether oxygens (including phenoxy) is 2. The van der Waals surface area contributed by atoms with E-state index in [1.807, 2.05) is 0 Å². The van der Waals surface area contributed by atoms with Gasteiger partial charge >= 0.3 is 0 Å². The normalized spacial score (nSPS) is 24.3. The van der Waals surface area contributed by atoms with E-state index < -0.39 is 24.4 Å². The van der Waals surface area contributed by atoms with Crippen molar-refractivity contribution < 1.29 is 24.8 Å². The van der Waals surface area contributed by atoms with E-state index in [9.17, 15) is 15.3 Å². The number of unbranched alkanes of at least 4 members (excludes halogenated alkanes) is 14. The highest BCUT2D eigenvalue weighted by atomic mass is 16.6. The predicted molar refractivity (Wildman–Crippen MR) is 127 cm³/mol. The van der Waals surface area contributed by atoms with E-state index in [-0.39, 0.29) is 13.2 Å². The smallest absolute Gasteiger partial charge is 0.114 e. The molecule has 184 valence electrons. The summed E-state index contributed by atoms with van der Waals surface area (Å²) in [6, 6.07) is 0. The molecule has 5 nitrogen and oxygen atoms in total. The lowest BCUT2D eigenvalue weighted by atomic mass is 10.0. The standard InChI is InChI=1S/C26H50O5/c1-2-3-4-5-6-7-8-9-10-11-12-13-14-15-16-17-18-19-20-30-26-23(28)22-31-24(21-27)25(26)29/h4-5,23-29H,2-3,6-22H2,1H3/b5-4+/t23-,24+,25+,26+/m0/s1. The average molecular weight is 443 g/mol. The molecule has 0 unspecified atom stereocenters. The highest BCUT2D eigenvalue weighted by molar-refractivity contribution is 4.87. The van der Waals surface area contributed by atoms with Crippen LogP contribution in [0.15, 0.2) is 12.2 Å². The first kappa shape index (κ1) is 28.6. The third-order valence-corrected chi connectivity index (χ3v) is 6.21. The van der Waals surface area contributed by atoms with Crippen LogP contribution in [0.2, 0.25) is 0 Å². The first-order chi connectivity index (χ1) is 15.2. The molecule has 1 fully saturated rings. The molecule has 1 rings (SSSR count). The Hall–Kier alpha value is -0.460. The van der Waals surface area contributed by atoms with Crippen LogP contribution in [0.1, 0.15) is 110 Å². The van der Waals surface area contributed by atoms with E-state index in [4.69, 9.17) is 9.47 Å². The number of hydrogen-bond acceptors (Lipinski definition) is 5. The van der Waals surface area contributed by atoms with Gasteiger partial charge in [0.05, 0.1) is 13.2 Å². The molecule has 31 heavy (non-hydrogen) atoms. The highest BCUT2D eigenvalue weighted by Gasteiger charge is 2.38. The molecule has 3 N–H and O–H groups in total. The summed E-state index contributed by atoms with van der Waals surface area (Å²) in [7, 11) is 0. The van der Waals surface area contributed by atoms with Crippen molar-refractivity contribution >= 4 is 0 Å². The van der Waals surface area contributed by atoms with Gasteiger partial charge in [-0.25, -0.2) is 0 Å². The molecular formula is C26H50O5. The summed E-state index contributed by atoms with van der Waals surface area (Å²) in [5.41, 5.74) is 0. The topological polar surface area (TPSA) is 79.2 Å². The molecule has 0 aromatic heterocycles. The molecule has 0 spiro atoms. The summed E-state index contributed by atoms with van der Waals surface area (Å²) < 4.78 is 10.9. The van der Waals surface area contributed by atoms with Gasteiger partial charge in [0, 0.05) is 6.61 Å². The van der Waals surface area contributed by atoms with E-state index in [0.29, 0.717) is 6.61 Å². The number of rotatable bonds is 20. The van der Waals surface area contributed by atoms with Gasteiger partial charge in [0.1, 0.15) is 24.4 Å². The van der Waals surface area contributed by atoms with Gasteiger partial charge in [-0.15, -0.1) is 0 Å². The summed E-state index contributed by atoms with van der Waals surface area (Å²) in [6.45, 7) is 2.60. The van der Waals surface area contributed by atoms with Crippen molar-refractivity contribution in [2.45, 2.75) is 134 Å². The Balaban J connectivity index is 1.81. The van der Waals surface area contributed by atoms with E-state index in [1.54, 1.807) is 0 Å². The van der Waals surface area contributed by atoms with Crippen LogP contribution in [0.3, 0.4) is 0 Å². The minimum Gasteiger partial charge on any atom is -0.394 e. The maximum absolute atomic E-state index is 10.1. The van der Waals surface area contributed by atoms with Crippen LogP contribution in [-0.2, 0) is 9.47 Å². The average Bonchev–Trinajstić information content (AvgIpc) is 2.77. The van der Waals surface area contributed by atoms with Gasteiger partial charge < -0.3 is 24.8 Å². The molecule has 0 aliphatic carbocycles. The predicted octanol–water partition coefficient (Wildman–Crippen LogP) is 5.30. The fourth-order valence-corrected chi connectivity index (χ4v) is 4.16. The van der Waals surface area contributed by atoms with Crippen LogP contribution >= 0.6 is 0 Å². The molecule has 4 atom stereocenters. The van der Waals surface area contributed by atoms with Crippen molar-refractivity contribution in [1.29, 1.82) is 0 Å². The van der Waals surface area contributed by atoms with Crippen LogP contribution in [0.4, 0.5) is 0 Å². The third-order valence-electron chi connectivity index (χ3n) is 6.21. The summed E-state index contributed by atoms with van der Waals surface area (Å²) in [4.78, 5) is 0. The van der Waals surface area contributed by atoms with Gasteiger partial charge in [-0.2, -0.15) is 0 Å².